The molecule has 0 radical (unpaired) electrons. The maximum absolute atomic E-state index is 13.0. The van der Waals surface area contributed by atoms with E-state index < -0.39 is 21.8 Å². The molecule has 186 valence electrons. The Bertz CT molecular complexity index is 1080. The SMILES string of the molecule is CCCOc1ccc(N(CC(=O)N2CCN(c3cccc(C(F)(F)F)c3)CC2)S(C)(=O)=O)cc1. The predicted molar refractivity (Wildman–Crippen MR) is 125 cm³/mol. The average molecular weight is 500 g/mol. The van der Waals surface area contributed by atoms with Gasteiger partial charge in [-0.15, -0.1) is 0 Å². The van der Waals surface area contributed by atoms with Crippen molar-refractivity contribution in [1.82, 2.24) is 4.90 Å². The van der Waals surface area contributed by atoms with Crippen molar-refractivity contribution in [2.45, 2.75) is 19.5 Å². The lowest BCUT2D eigenvalue weighted by Crippen LogP contribution is -2.52. The van der Waals surface area contributed by atoms with E-state index in [1.54, 1.807) is 35.2 Å². The van der Waals surface area contributed by atoms with Gasteiger partial charge in [0.05, 0.1) is 24.1 Å². The average Bonchev–Trinajstić information content (AvgIpc) is 2.80. The highest BCUT2D eigenvalue weighted by Gasteiger charge is 2.31. The molecular weight excluding hydrogens is 471 g/mol. The molecule has 11 heteroatoms. The van der Waals surface area contributed by atoms with Crippen LogP contribution in [0.3, 0.4) is 0 Å². The molecule has 0 bridgehead atoms. The van der Waals surface area contributed by atoms with E-state index in [1.165, 1.54) is 11.0 Å². The van der Waals surface area contributed by atoms with Crippen molar-refractivity contribution in [3.8, 4) is 5.75 Å². The first-order valence-electron chi connectivity index (χ1n) is 10.9. The number of carbonyl (C=O) groups excluding carboxylic acids is 1. The third-order valence-corrected chi connectivity index (χ3v) is 6.59. The zero-order chi connectivity index (χ0) is 24.9. The molecule has 34 heavy (non-hydrogen) atoms. The molecule has 1 heterocycles. The molecule has 0 unspecified atom stereocenters. The Hall–Kier alpha value is -2.95. The molecule has 2 aromatic rings. The molecule has 1 aliphatic rings. The van der Waals surface area contributed by atoms with E-state index in [-0.39, 0.29) is 25.5 Å². The Morgan fingerprint density at radius 2 is 1.71 bits per heavy atom. The standard InChI is InChI=1S/C23H28F3N3O4S/c1-3-15-33-21-9-7-19(8-10-21)29(34(2,31)32)17-22(30)28-13-11-27(12-14-28)20-6-4-5-18(16-20)23(24,25)26/h4-10,16H,3,11-15,17H2,1-2H3. The molecule has 1 saturated heterocycles. The smallest absolute Gasteiger partial charge is 0.416 e. The number of hydrogen-bond acceptors (Lipinski definition) is 5. The zero-order valence-corrected chi connectivity index (χ0v) is 19.9. The van der Waals surface area contributed by atoms with Crippen LogP contribution in [0.15, 0.2) is 48.5 Å². The van der Waals surface area contributed by atoms with Crippen LogP contribution >= 0.6 is 0 Å². The van der Waals surface area contributed by atoms with Gasteiger partial charge in [-0.1, -0.05) is 13.0 Å². The molecule has 0 aliphatic carbocycles. The van der Waals surface area contributed by atoms with Crippen molar-refractivity contribution >= 4 is 27.3 Å². The summed E-state index contributed by atoms with van der Waals surface area (Å²) in [5.74, 6) is 0.233. The van der Waals surface area contributed by atoms with Gasteiger partial charge in [-0.25, -0.2) is 8.42 Å². The molecule has 0 atom stereocenters. The van der Waals surface area contributed by atoms with E-state index in [2.05, 4.69) is 0 Å². The van der Waals surface area contributed by atoms with Crippen molar-refractivity contribution in [3.05, 3.63) is 54.1 Å². The molecule has 7 nitrogen and oxygen atoms in total. The first-order valence-corrected chi connectivity index (χ1v) is 12.7. The van der Waals surface area contributed by atoms with Gasteiger partial charge in [-0.2, -0.15) is 13.2 Å². The summed E-state index contributed by atoms with van der Waals surface area (Å²) in [6, 6.07) is 11.6. The lowest BCUT2D eigenvalue weighted by Gasteiger charge is -2.37. The number of nitrogens with zero attached hydrogens (tertiary/aromatic N) is 3. The second-order valence-electron chi connectivity index (χ2n) is 8.03. The van der Waals surface area contributed by atoms with Gasteiger partial charge in [-0.3, -0.25) is 9.10 Å². The van der Waals surface area contributed by atoms with Gasteiger partial charge >= 0.3 is 6.18 Å². The van der Waals surface area contributed by atoms with Crippen LogP contribution < -0.4 is 13.9 Å². The highest BCUT2D eigenvalue weighted by atomic mass is 32.2. The third kappa shape index (κ3) is 6.55. The van der Waals surface area contributed by atoms with Crippen LogP contribution in [-0.2, 0) is 21.0 Å². The summed E-state index contributed by atoms with van der Waals surface area (Å²) in [5.41, 5.74) is 0.0609. The minimum atomic E-state index is -4.43. The van der Waals surface area contributed by atoms with Crippen LogP contribution in [0.4, 0.5) is 24.5 Å². The molecule has 0 saturated carbocycles. The number of sulfonamides is 1. The number of rotatable bonds is 8. The minimum absolute atomic E-state index is 0.274. The van der Waals surface area contributed by atoms with Gasteiger partial charge in [0.1, 0.15) is 12.3 Å². The Morgan fingerprint density at radius 1 is 1.06 bits per heavy atom. The maximum Gasteiger partial charge on any atom is 0.416 e. The number of carbonyl (C=O) groups is 1. The van der Waals surface area contributed by atoms with Crippen molar-refractivity contribution < 1.29 is 31.1 Å². The zero-order valence-electron chi connectivity index (χ0n) is 19.1. The summed E-state index contributed by atoms with van der Waals surface area (Å²) in [7, 11) is -3.73. The van der Waals surface area contributed by atoms with Crippen molar-refractivity contribution in [1.29, 1.82) is 0 Å². The monoisotopic (exact) mass is 499 g/mol. The van der Waals surface area contributed by atoms with E-state index in [0.29, 0.717) is 36.8 Å². The minimum Gasteiger partial charge on any atom is -0.494 e. The van der Waals surface area contributed by atoms with Crippen LogP contribution in [0.25, 0.3) is 0 Å². The summed E-state index contributed by atoms with van der Waals surface area (Å²) in [6.07, 6.45) is -2.55. The van der Waals surface area contributed by atoms with Gasteiger partial charge in [0.15, 0.2) is 0 Å². The summed E-state index contributed by atoms with van der Waals surface area (Å²) in [4.78, 5) is 16.2. The number of alkyl halides is 3. The van der Waals surface area contributed by atoms with Crippen molar-refractivity contribution in [2.75, 3.05) is 54.8 Å². The summed E-state index contributed by atoms with van der Waals surface area (Å²) < 4.78 is 70.3. The van der Waals surface area contributed by atoms with E-state index in [1.807, 2.05) is 6.92 Å². The van der Waals surface area contributed by atoms with Crippen LogP contribution in [0.2, 0.25) is 0 Å². The summed E-state index contributed by atoms with van der Waals surface area (Å²) >= 11 is 0. The lowest BCUT2D eigenvalue weighted by atomic mass is 10.1. The molecule has 1 aliphatic heterocycles. The second-order valence-corrected chi connectivity index (χ2v) is 9.93. The first kappa shape index (κ1) is 25.7. The fourth-order valence-corrected chi connectivity index (χ4v) is 4.49. The van der Waals surface area contributed by atoms with Crippen molar-refractivity contribution in [3.63, 3.8) is 0 Å². The molecule has 0 N–H and O–H groups in total. The lowest BCUT2D eigenvalue weighted by molar-refractivity contribution is -0.137. The van der Waals surface area contributed by atoms with Crippen LogP contribution in [0, 0.1) is 0 Å². The van der Waals surface area contributed by atoms with Gasteiger partial charge in [0.2, 0.25) is 15.9 Å². The summed E-state index contributed by atoms with van der Waals surface area (Å²) in [5, 5.41) is 0. The van der Waals surface area contributed by atoms with Gasteiger partial charge < -0.3 is 14.5 Å². The van der Waals surface area contributed by atoms with Crippen LogP contribution in [-0.4, -0.2) is 64.8 Å². The van der Waals surface area contributed by atoms with Crippen molar-refractivity contribution in [2.24, 2.45) is 0 Å². The highest BCUT2D eigenvalue weighted by Crippen LogP contribution is 2.32. The molecule has 0 aromatic heterocycles. The highest BCUT2D eigenvalue weighted by molar-refractivity contribution is 7.92. The molecule has 3 rings (SSSR count). The first-order chi connectivity index (χ1) is 16.0. The fourth-order valence-electron chi connectivity index (χ4n) is 3.64. The normalized spacial score (nSPS) is 14.7. The molecule has 1 fully saturated rings. The Balaban J connectivity index is 1.64. The molecular formula is C23H28F3N3O4S. The molecule has 0 spiro atoms. The number of halogens is 3. The number of anilines is 2. The van der Waals surface area contributed by atoms with Gasteiger partial charge in [-0.05, 0) is 48.9 Å². The number of ether oxygens (including phenoxy) is 1. The Kier molecular flexibility index (Phi) is 7.96. The van der Waals surface area contributed by atoms with E-state index >= 15 is 0 Å². The largest absolute Gasteiger partial charge is 0.494 e. The molecule has 1 amide bonds. The third-order valence-electron chi connectivity index (χ3n) is 5.45. The second kappa shape index (κ2) is 10.5. The summed E-state index contributed by atoms with van der Waals surface area (Å²) in [6.45, 7) is 3.39. The molecule has 2 aromatic carbocycles. The predicted octanol–water partition coefficient (Wildman–Crippen LogP) is 3.61. The van der Waals surface area contributed by atoms with E-state index in [9.17, 15) is 26.4 Å². The van der Waals surface area contributed by atoms with E-state index in [4.69, 9.17) is 4.74 Å². The fraction of sp³-hybridized carbons (Fsp3) is 0.435. The van der Waals surface area contributed by atoms with Crippen LogP contribution in [0.5, 0.6) is 5.75 Å². The van der Waals surface area contributed by atoms with E-state index in [0.717, 1.165) is 29.1 Å². The Labute approximate surface area is 197 Å². The number of piperazine rings is 1. The number of amides is 1. The number of benzene rings is 2. The quantitative estimate of drug-likeness (QED) is 0.555. The van der Waals surface area contributed by atoms with Gasteiger partial charge in [0.25, 0.3) is 0 Å². The van der Waals surface area contributed by atoms with Crippen LogP contribution in [0.1, 0.15) is 18.9 Å². The maximum atomic E-state index is 13.0. The Morgan fingerprint density at radius 3 is 2.26 bits per heavy atom. The number of hydrogen-bond donors (Lipinski definition) is 0. The van der Waals surface area contributed by atoms with Gasteiger partial charge in [0, 0.05) is 31.9 Å². The topological polar surface area (TPSA) is 70.2 Å².